The number of H-pyrrole nitrogens is 2. The number of halogens is 1. The van der Waals surface area contributed by atoms with Gasteiger partial charge in [0.25, 0.3) is 0 Å². The van der Waals surface area contributed by atoms with Gasteiger partial charge in [-0.15, -0.1) is 10.2 Å². The van der Waals surface area contributed by atoms with E-state index in [1.807, 2.05) is 0 Å². The molecule has 1 aromatic carbocycles. The van der Waals surface area contributed by atoms with Gasteiger partial charge < -0.3 is 10.1 Å². The standard InChI is InChI=1S/C12H8ClN5O2/c13-8-3-1-2-6-7(5-14-11(6)8)9(19)4-10(20)12-15-17-18-16-12/h1-5,14,19H,(H,15,16,17,18)/b9-4+. The number of tetrazole rings is 1. The van der Waals surface area contributed by atoms with Crippen LogP contribution in [0.15, 0.2) is 30.5 Å². The van der Waals surface area contributed by atoms with Crippen LogP contribution in [-0.2, 0) is 0 Å². The van der Waals surface area contributed by atoms with E-state index in [4.69, 9.17) is 11.6 Å². The Morgan fingerprint density at radius 1 is 1.40 bits per heavy atom. The molecule has 3 aromatic rings. The summed E-state index contributed by atoms with van der Waals surface area (Å²) in [5, 5.41) is 23.9. The zero-order chi connectivity index (χ0) is 14.1. The first-order valence-electron chi connectivity index (χ1n) is 5.61. The molecular formula is C12H8ClN5O2. The predicted molar refractivity (Wildman–Crippen MR) is 72.4 cm³/mol. The number of aliphatic hydroxyl groups excluding tert-OH is 1. The minimum atomic E-state index is -0.548. The molecule has 20 heavy (non-hydrogen) atoms. The summed E-state index contributed by atoms with van der Waals surface area (Å²) < 4.78 is 0. The number of fused-ring (bicyclic) bond motifs is 1. The molecule has 0 radical (unpaired) electrons. The molecule has 0 aliphatic heterocycles. The molecular weight excluding hydrogens is 282 g/mol. The molecule has 0 unspecified atom stereocenters. The van der Waals surface area contributed by atoms with Crippen molar-refractivity contribution < 1.29 is 9.90 Å². The molecule has 3 N–H and O–H groups in total. The van der Waals surface area contributed by atoms with Gasteiger partial charge in [-0.1, -0.05) is 23.7 Å². The number of hydrogen-bond acceptors (Lipinski definition) is 5. The zero-order valence-corrected chi connectivity index (χ0v) is 10.7. The van der Waals surface area contributed by atoms with E-state index < -0.39 is 5.78 Å². The van der Waals surface area contributed by atoms with Crippen LogP contribution in [0.3, 0.4) is 0 Å². The van der Waals surface area contributed by atoms with Crippen LogP contribution in [0.25, 0.3) is 16.7 Å². The quantitative estimate of drug-likeness (QED) is 0.389. The SMILES string of the molecule is O=C(/C=C(/O)c1c[nH]c2c(Cl)cccc12)c1nn[nH]n1. The van der Waals surface area contributed by atoms with Crippen molar-refractivity contribution in [3.05, 3.63) is 46.9 Å². The summed E-state index contributed by atoms with van der Waals surface area (Å²) in [5.41, 5.74) is 1.16. The number of ketones is 1. The molecule has 3 rings (SSSR count). The van der Waals surface area contributed by atoms with Crippen molar-refractivity contribution in [2.45, 2.75) is 0 Å². The Kier molecular flexibility index (Phi) is 2.96. The number of nitrogens with zero attached hydrogens (tertiary/aromatic N) is 3. The lowest BCUT2D eigenvalue weighted by atomic mass is 10.1. The van der Waals surface area contributed by atoms with Gasteiger partial charge in [0.2, 0.25) is 11.6 Å². The first-order valence-corrected chi connectivity index (χ1v) is 5.99. The number of aromatic amines is 2. The normalized spacial score (nSPS) is 11.9. The van der Waals surface area contributed by atoms with Gasteiger partial charge in [-0.25, -0.2) is 0 Å². The smallest absolute Gasteiger partial charge is 0.244 e. The van der Waals surface area contributed by atoms with Gasteiger partial charge in [0.15, 0.2) is 0 Å². The van der Waals surface area contributed by atoms with E-state index >= 15 is 0 Å². The van der Waals surface area contributed by atoms with E-state index in [1.54, 1.807) is 24.4 Å². The fourth-order valence-corrected chi connectivity index (χ4v) is 2.09. The maximum absolute atomic E-state index is 11.8. The number of carbonyl (C=O) groups excluding carboxylic acids is 1. The van der Waals surface area contributed by atoms with Crippen LogP contribution < -0.4 is 0 Å². The predicted octanol–water partition coefficient (Wildman–Crippen LogP) is 2.12. The van der Waals surface area contributed by atoms with Crippen molar-refractivity contribution in [2.24, 2.45) is 0 Å². The summed E-state index contributed by atoms with van der Waals surface area (Å²) in [6.45, 7) is 0. The number of nitrogens with one attached hydrogen (secondary N) is 2. The van der Waals surface area contributed by atoms with Crippen molar-refractivity contribution in [2.75, 3.05) is 0 Å². The molecule has 0 fully saturated rings. The lowest BCUT2D eigenvalue weighted by Crippen LogP contribution is -1.99. The number of allylic oxidation sites excluding steroid dienone is 1. The Hall–Kier alpha value is -2.67. The minimum absolute atomic E-state index is 0.116. The maximum Gasteiger partial charge on any atom is 0.244 e. The molecule has 0 saturated heterocycles. The summed E-state index contributed by atoms with van der Waals surface area (Å²) in [6, 6.07) is 5.28. The number of hydrogen-bond donors (Lipinski definition) is 3. The third kappa shape index (κ3) is 2.04. The van der Waals surface area contributed by atoms with Crippen molar-refractivity contribution in [3.8, 4) is 0 Å². The summed E-state index contributed by atoms with van der Waals surface area (Å²) in [7, 11) is 0. The highest BCUT2D eigenvalue weighted by atomic mass is 35.5. The van der Waals surface area contributed by atoms with E-state index in [0.29, 0.717) is 21.5 Å². The van der Waals surface area contributed by atoms with Gasteiger partial charge >= 0.3 is 0 Å². The summed E-state index contributed by atoms with van der Waals surface area (Å²) >= 11 is 6.03. The summed E-state index contributed by atoms with van der Waals surface area (Å²) in [4.78, 5) is 14.7. The molecule has 2 aromatic heterocycles. The highest BCUT2D eigenvalue weighted by molar-refractivity contribution is 6.35. The highest BCUT2D eigenvalue weighted by Crippen LogP contribution is 2.28. The van der Waals surface area contributed by atoms with E-state index in [9.17, 15) is 9.90 Å². The molecule has 0 saturated carbocycles. The van der Waals surface area contributed by atoms with E-state index in [2.05, 4.69) is 25.6 Å². The largest absolute Gasteiger partial charge is 0.507 e. The number of rotatable bonds is 3. The number of aliphatic hydroxyl groups is 1. The van der Waals surface area contributed by atoms with Crippen LogP contribution in [0.1, 0.15) is 16.2 Å². The van der Waals surface area contributed by atoms with Crippen LogP contribution in [0, 0.1) is 0 Å². The van der Waals surface area contributed by atoms with Crippen molar-refractivity contribution in [3.63, 3.8) is 0 Å². The van der Waals surface area contributed by atoms with Crippen LogP contribution in [0.4, 0.5) is 0 Å². The molecule has 100 valence electrons. The van der Waals surface area contributed by atoms with Crippen LogP contribution in [0.2, 0.25) is 5.02 Å². The van der Waals surface area contributed by atoms with Gasteiger partial charge in [-0.2, -0.15) is 5.21 Å². The van der Waals surface area contributed by atoms with E-state index in [1.165, 1.54) is 0 Å². The average Bonchev–Trinajstić information content (AvgIpc) is 3.08. The second kappa shape index (κ2) is 4.78. The van der Waals surface area contributed by atoms with Crippen LogP contribution >= 0.6 is 11.6 Å². The van der Waals surface area contributed by atoms with E-state index in [0.717, 1.165) is 6.08 Å². The molecule has 7 nitrogen and oxygen atoms in total. The Bertz CT molecular complexity index is 806. The minimum Gasteiger partial charge on any atom is -0.507 e. The van der Waals surface area contributed by atoms with Gasteiger partial charge in [0.05, 0.1) is 10.5 Å². The molecule has 0 atom stereocenters. The highest BCUT2D eigenvalue weighted by Gasteiger charge is 2.13. The van der Waals surface area contributed by atoms with Crippen molar-refractivity contribution in [1.29, 1.82) is 0 Å². The number of benzene rings is 1. The van der Waals surface area contributed by atoms with Crippen molar-refractivity contribution in [1.82, 2.24) is 25.6 Å². The first-order chi connectivity index (χ1) is 9.66. The average molecular weight is 290 g/mol. The third-order valence-electron chi connectivity index (χ3n) is 2.77. The molecule has 2 heterocycles. The van der Waals surface area contributed by atoms with Crippen LogP contribution in [0.5, 0.6) is 0 Å². The lowest BCUT2D eigenvalue weighted by Gasteiger charge is -1.98. The number of para-hydroxylation sites is 1. The topological polar surface area (TPSA) is 108 Å². The Morgan fingerprint density at radius 3 is 3.00 bits per heavy atom. The van der Waals surface area contributed by atoms with E-state index in [-0.39, 0.29) is 11.6 Å². The fourth-order valence-electron chi connectivity index (χ4n) is 1.86. The molecule has 0 bridgehead atoms. The summed E-state index contributed by atoms with van der Waals surface area (Å²) in [6.07, 6.45) is 2.61. The van der Waals surface area contributed by atoms with Crippen molar-refractivity contribution >= 4 is 34.0 Å². The van der Waals surface area contributed by atoms with Gasteiger partial charge in [0.1, 0.15) is 5.76 Å². The monoisotopic (exact) mass is 289 g/mol. The Morgan fingerprint density at radius 2 is 2.25 bits per heavy atom. The van der Waals surface area contributed by atoms with Gasteiger partial charge in [0, 0.05) is 23.2 Å². The number of aromatic nitrogens is 5. The zero-order valence-electron chi connectivity index (χ0n) is 9.96. The first kappa shape index (κ1) is 12.4. The Labute approximate surface area is 117 Å². The second-order valence-electron chi connectivity index (χ2n) is 3.99. The number of carbonyl (C=O) groups is 1. The van der Waals surface area contributed by atoms with Gasteiger partial charge in [-0.3, -0.25) is 4.79 Å². The van der Waals surface area contributed by atoms with Crippen LogP contribution in [-0.4, -0.2) is 36.5 Å². The molecule has 8 heteroatoms. The molecule has 0 spiro atoms. The molecule has 0 aliphatic rings. The molecule has 0 aliphatic carbocycles. The maximum atomic E-state index is 11.8. The fraction of sp³-hybridized carbons (Fsp3) is 0. The second-order valence-corrected chi connectivity index (χ2v) is 4.40. The Balaban J connectivity index is 2.03. The lowest BCUT2D eigenvalue weighted by molar-refractivity contribution is 0.103. The molecule has 0 amide bonds. The van der Waals surface area contributed by atoms with Gasteiger partial charge in [-0.05, 0) is 11.3 Å². The third-order valence-corrected chi connectivity index (χ3v) is 3.09. The summed E-state index contributed by atoms with van der Waals surface area (Å²) in [5.74, 6) is -0.865.